The molecule has 21 heavy (non-hydrogen) atoms. The molecule has 110 valence electrons. The third-order valence-corrected chi connectivity index (χ3v) is 4.33. The summed E-state index contributed by atoms with van der Waals surface area (Å²) in [6, 6.07) is 11.1. The van der Waals surface area contributed by atoms with Gasteiger partial charge in [0.15, 0.2) is 0 Å². The molecule has 3 heteroatoms. The fraction of sp³-hybridized carbons (Fsp3) is 0.389. The van der Waals surface area contributed by atoms with E-state index in [2.05, 4.69) is 0 Å². The van der Waals surface area contributed by atoms with Crippen LogP contribution in [0.1, 0.15) is 44.6 Å². The number of carbonyl (C=O) groups excluding carboxylic acids is 1. The highest BCUT2D eigenvalue weighted by Gasteiger charge is 2.39. The summed E-state index contributed by atoms with van der Waals surface area (Å²) >= 11 is 0. The zero-order valence-corrected chi connectivity index (χ0v) is 12.2. The number of benzene rings is 2. The van der Waals surface area contributed by atoms with Gasteiger partial charge >= 0.3 is 5.97 Å². The van der Waals surface area contributed by atoms with Crippen molar-refractivity contribution < 1.29 is 13.9 Å². The second-order valence-electron chi connectivity index (χ2n) is 5.83. The Morgan fingerprint density at radius 3 is 2.33 bits per heavy atom. The maximum atomic E-state index is 14.6. The summed E-state index contributed by atoms with van der Waals surface area (Å²) in [5, 5.41) is 1.85. The fourth-order valence-electron chi connectivity index (χ4n) is 3.39. The topological polar surface area (TPSA) is 26.3 Å². The maximum absolute atomic E-state index is 14.6. The van der Waals surface area contributed by atoms with E-state index in [1.54, 1.807) is 6.07 Å². The molecule has 0 bridgehead atoms. The quantitative estimate of drug-likeness (QED) is 0.748. The lowest BCUT2D eigenvalue weighted by Gasteiger charge is -2.37. The predicted molar refractivity (Wildman–Crippen MR) is 80.4 cm³/mol. The van der Waals surface area contributed by atoms with Crippen LogP contribution in [-0.2, 0) is 15.1 Å². The minimum absolute atomic E-state index is 0.281. The van der Waals surface area contributed by atoms with Crippen LogP contribution in [0.15, 0.2) is 36.4 Å². The van der Waals surface area contributed by atoms with E-state index in [0.29, 0.717) is 18.4 Å². The molecule has 2 aromatic rings. The normalized spacial score (nSPS) is 17.6. The summed E-state index contributed by atoms with van der Waals surface area (Å²) in [6.07, 6.45) is 4.42. The minimum atomic E-state index is -0.793. The van der Waals surface area contributed by atoms with Gasteiger partial charge in [0.25, 0.3) is 0 Å². The van der Waals surface area contributed by atoms with Crippen molar-refractivity contribution in [1.29, 1.82) is 0 Å². The van der Waals surface area contributed by atoms with Crippen molar-refractivity contribution in [2.45, 2.75) is 44.6 Å². The molecule has 0 unspecified atom stereocenters. The number of fused-ring (bicyclic) bond motifs is 1. The van der Waals surface area contributed by atoms with Crippen LogP contribution in [0.2, 0.25) is 0 Å². The highest BCUT2D eigenvalue weighted by molar-refractivity contribution is 5.83. The first kappa shape index (κ1) is 14.1. The molecule has 2 nitrogen and oxygen atoms in total. The van der Waals surface area contributed by atoms with Crippen molar-refractivity contribution in [3.8, 4) is 0 Å². The van der Waals surface area contributed by atoms with Crippen LogP contribution in [0.5, 0.6) is 0 Å². The summed E-state index contributed by atoms with van der Waals surface area (Å²) in [6.45, 7) is 1.40. The van der Waals surface area contributed by atoms with Crippen molar-refractivity contribution in [1.82, 2.24) is 0 Å². The molecule has 1 aliphatic rings. The monoisotopic (exact) mass is 286 g/mol. The van der Waals surface area contributed by atoms with E-state index in [0.717, 1.165) is 30.0 Å². The summed E-state index contributed by atoms with van der Waals surface area (Å²) in [5.41, 5.74) is -0.269. The Bertz CT molecular complexity index is 672. The highest BCUT2D eigenvalue weighted by Crippen LogP contribution is 2.42. The molecular formula is C18H19FO2. The van der Waals surface area contributed by atoms with E-state index in [4.69, 9.17) is 4.74 Å². The zero-order chi connectivity index (χ0) is 14.9. The standard InChI is InChI=1S/C18H19FO2/c1-13(20)21-18(9-5-2-6-10-18)16-11-14-7-3-4-8-15(14)12-17(16)19/h3-4,7-8,11-12H,2,5-6,9-10H2,1H3. The van der Waals surface area contributed by atoms with E-state index in [1.807, 2.05) is 30.3 Å². The van der Waals surface area contributed by atoms with Gasteiger partial charge in [-0.1, -0.05) is 30.7 Å². The maximum Gasteiger partial charge on any atom is 0.303 e. The van der Waals surface area contributed by atoms with Gasteiger partial charge in [-0.25, -0.2) is 4.39 Å². The third-order valence-electron chi connectivity index (χ3n) is 4.33. The summed E-state index contributed by atoms with van der Waals surface area (Å²) in [5.74, 6) is -0.624. The van der Waals surface area contributed by atoms with Crippen LogP contribution >= 0.6 is 0 Å². The highest BCUT2D eigenvalue weighted by atomic mass is 19.1. The Morgan fingerprint density at radius 1 is 1.10 bits per heavy atom. The predicted octanol–water partition coefficient (Wildman–Crippen LogP) is 4.70. The van der Waals surface area contributed by atoms with E-state index in [-0.39, 0.29) is 11.8 Å². The third kappa shape index (κ3) is 2.65. The van der Waals surface area contributed by atoms with Crippen molar-refractivity contribution >= 4 is 16.7 Å². The molecule has 0 radical (unpaired) electrons. The number of halogens is 1. The van der Waals surface area contributed by atoms with Crippen molar-refractivity contribution in [2.24, 2.45) is 0 Å². The van der Waals surface area contributed by atoms with E-state index in [1.165, 1.54) is 6.92 Å². The number of esters is 1. The van der Waals surface area contributed by atoms with Crippen LogP contribution in [0, 0.1) is 5.82 Å². The smallest absolute Gasteiger partial charge is 0.303 e. The van der Waals surface area contributed by atoms with Gasteiger partial charge in [0, 0.05) is 12.5 Å². The Balaban J connectivity index is 2.14. The molecule has 3 rings (SSSR count). The number of ether oxygens (including phenoxy) is 1. The summed E-state index contributed by atoms with van der Waals surface area (Å²) in [7, 11) is 0. The van der Waals surface area contributed by atoms with Crippen LogP contribution in [0.4, 0.5) is 4.39 Å². The Labute approximate surface area is 123 Å². The Morgan fingerprint density at radius 2 is 1.71 bits per heavy atom. The van der Waals surface area contributed by atoms with Gasteiger partial charge in [0.05, 0.1) is 0 Å². The second kappa shape index (κ2) is 5.47. The van der Waals surface area contributed by atoms with Crippen LogP contribution in [0.3, 0.4) is 0 Å². The molecule has 0 spiro atoms. The first-order valence-corrected chi connectivity index (χ1v) is 7.49. The number of rotatable bonds is 2. The average molecular weight is 286 g/mol. The van der Waals surface area contributed by atoms with Gasteiger partial charge in [-0.3, -0.25) is 4.79 Å². The van der Waals surface area contributed by atoms with E-state index >= 15 is 0 Å². The largest absolute Gasteiger partial charge is 0.454 e. The molecule has 0 aliphatic heterocycles. The van der Waals surface area contributed by atoms with E-state index < -0.39 is 5.60 Å². The van der Waals surface area contributed by atoms with Crippen molar-refractivity contribution in [3.63, 3.8) is 0 Å². The van der Waals surface area contributed by atoms with Crippen molar-refractivity contribution in [2.75, 3.05) is 0 Å². The SMILES string of the molecule is CC(=O)OC1(c2cc3ccccc3cc2F)CCCCC1. The summed E-state index contributed by atoms with van der Waals surface area (Å²) in [4.78, 5) is 11.5. The first-order chi connectivity index (χ1) is 10.1. The molecule has 0 aromatic heterocycles. The van der Waals surface area contributed by atoms with Gasteiger partial charge in [-0.05, 0) is 48.6 Å². The molecule has 2 aromatic carbocycles. The molecule has 0 amide bonds. The number of hydrogen-bond donors (Lipinski definition) is 0. The molecule has 1 fully saturated rings. The molecule has 0 saturated heterocycles. The van der Waals surface area contributed by atoms with Gasteiger partial charge in [-0.2, -0.15) is 0 Å². The lowest BCUT2D eigenvalue weighted by Crippen LogP contribution is -2.35. The molecule has 1 saturated carbocycles. The van der Waals surface area contributed by atoms with Crippen LogP contribution in [0.25, 0.3) is 10.8 Å². The fourth-order valence-corrected chi connectivity index (χ4v) is 3.39. The molecule has 0 N–H and O–H groups in total. The molecular weight excluding hydrogens is 267 g/mol. The van der Waals surface area contributed by atoms with Gasteiger partial charge < -0.3 is 4.74 Å². The van der Waals surface area contributed by atoms with Crippen LogP contribution < -0.4 is 0 Å². The van der Waals surface area contributed by atoms with E-state index in [9.17, 15) is 9.18 Å². The van der Waals surface area contributed by atoms with Crippen LogP contribution in [-0.4, -0.2) is 5.97 Å². The minimum Gasteiger partial charge on any atom is -0.454 e. The number of carbonyl (C=O) groups is 1. The van der Waals surface area contributed by atoms with Gasteiger partial charge in [0.2, 0.25) is 0 Å². The lowest BCUT2D eigenvalue weighted by atomic mass is 9.78. The molecule has 0 heterocycles. The van der Waals surface area contributed by atoms with Gasteiger partial charge in [0.1, 0.15) is 11.4 Å². The Hall–Kier alpha value is -1.90. The van der Waals surface area contributed by atoms with Crippen molar-refractivity contribution in [3.05, 3.63) is 47.8 Å². The van der Waals surface area contributed by atoms with Gasteiger partial charge in [-0.15, -0.1) is 0 Å². The number of hydrogen-bond acceptors (Lipinski definition) is 2. The molecule has 1 aliphatic carbocycles. The Kier molecular flexibility index (Phi) is 3.66. The second-order valence-corrected chi connectivity index (χ2v) is 5.83. The average Bonchev–Trinajstić information content (AvgIpc) is 2.46. The lowest BCUT2D eigenvalue weighted by molar-refractivity contribution is -0.162. The zero-order valence-electron chi connectivity index (χ0n) is 12.2. The first-order valence-electron chi connectivity index (χ1n) is 7.49. The molecule has 0 atom stereocenters. The summed E-state index contributed by atoms with van der Waals surface area (Å²) < 4.78 is 20.2.